The number of benzene rings is 1. The van der Waals surface area contributed by atoms with Gasteiger partial charge in [0.15, 0.2) is 0 Å². The summed E-state index contributed by atoms with van der Waals surface area (Å²) in [4.78, 5) is 0. The van der Waals surface area contributed by atoms with Crippen molar-refractivity contribution >= 4 is 26.8 Å². The van der Waals surface area contributed by atoms with Gasteiger partial charge in [0.2, 0.25) is 0 Å². The molecule has 0 bridgehead atoms. The molecule has 2 nitrogen and oxygen atoms in total. The maximum absolute atomic E-state index is 3.67. The van der Waals surface area contributed by atoms with Crippen LogP contribution in [0.4, 0.5) is 0 Å². The molecule has 0 aliphatic heterocycles. The fourth-order valence-electron chi connectivity index (χ4n) is 2.21. The van der Waals surface area contributed by atoms with Crippen molar-refractivity contribution in [2.45, 2.75) is 32.9 Å². The first-order valence-electron chi connectivity index (χ1n) is 6.02. The molecule has 0 aliphatic carbocycles. The molecule has 0 saturated carbocycles. The number of nitrogens with zero attached hydrogens (tertiary/aromatic N) is 1. The summed E-state index contributed by atoms with van der Waals surface area (Å²) in [7, 11) is 2.00. The number of aromatic nitrogens is 1. The van der Waals surface area contributed by atoms with Crippen LogP contribution in [0.15, 0.2) is 28.9 Å². The van der Waals surface area contributed by atoms with Crippen molar-refractivity contribution in [2.75, 3.05) is 7.05 Å². The highest BCUT2D eigenvalue weighted by molar-refractivity contribution is 9.10. The predicted octanol–water partition coefficient (Wildman–Crippen LogP) is 4.27. The molecule has 0 fully saturated rings. The average molecular weight is 295 g/mol. The lowest BCUT2D eigenvalue weighted by Crippen LogP contribution is -2.12. The van der Waals surface area contributed by atoms with E-state index in [1.165, 1.54) is 20.9 Å². The van der Waals surface area contributed by atoms with E-state index in [0.29, 0.717) is 12.1 Å². The fourth-order valence-corrected chi connectivity index (χ4v) is 2.79. The van der Waals surface area contributed by atoms with Gasteiger partial charge in [-0.25, -0.2) is 0 Å². The third kappa shape index (κ3) is 2.14. The maximum Gasteiger partial charge on any atom is 0.0497 e. The molecule has 1 unspecified atom stereocenters. The molecule has 92 valence electrons. The van der Waals surface area contributed by atoms with Gasteiger partial charge in [-0.05, 0) is 45.5 Å². The van der Waals surface area contributed by atoms with Gasteiger partial charge in [0.05, 0.1) is 0 Å². The topological polar surface area (TPSA) is 17.0 Å². The van der Waals surface area contributed by atoms with Crippen LogP contribution in [-0.4, -0.2) is 11.6 Å². The maximum atomic E-state index is 3.67. The van der Waals surface area contributed by atoms with Crippen LogP contribution >= 0.6 is 15.9 Å². The van der Waals surface area contributed by atoms with Gasteiger partial charge < -0.3 is 9.88 Å². The molecule has 1 heterocycles. The minimum Gasteiger partial charge on any atom is -0.345 e. The molecule has 0 saturated heterocycles. The molecular weight excluding hydrogens is 276 g/mol. The SMILES string of the molecule is CNC(C)c1cn(C(C)C)c2cccc(Br)c12. The molecule has 1 aromatic carbocycles. The van der Waals surface area contributed by atoms with Crippen molar-refractivity contribution in [1.82, 2.24) is 9.88 Å². The van der Waals surface area contributed by atoms with E-state index >= 15 is 0 Å². The van der Waals surface area contributed by atoms with Crippen LogP contribution in [0.3, 0.4) is 0 Å². The van der Waals surface area contributed by atoms with Crippen LogP contribution in [0.1, 0.15) is 38.4 Å². The Balaban J connectivity index is 2.76. The van der Waals surface area contributed by atoms with E-state index in [4.69, 9.17) is 0 Å². The molecule has 2 rings (SSSR count). The summed E-state index contributed by atoms with van der Waals surface area (Å²) in [6.45, 7) is 6.63. The number of hydrogen-bond acceptors (Lipinski definition) is 1. The van der Waals surface area contributed by atoms with Crippen molar-refractivity contribution in [3.8, 4) is 0 Å². The number of halogens is 1. The minimum atomic E-state index is 0.358. The van der Waals surface area contributed by atoms with Crippen LogP contribution < -0.4 is 5.32 Å². The first-order valence-corrected chi connectivity index (χ1v) is 6.81. The Hall–Kier alpha value is -0.800. The second-order valence-corrected chi connectivity index (χ2v) is 5.58. The van der Waals surface area contributed by atoms with Gasteiger partial charge in [0.25, 0.3) is 0 Å². The number of hydrogen-bond donors (Lipinski definition) is 1. The second kappa shape index (κ2) is 4.83. The highest BCUT2D eigenvalue weighted by Crippen LogP contribution is 2.33. The van der Waals surface area contributed by atoms with Crippen molar-refractivity contribution in [1.29, 1.82) is 0 Å². The van der Waals surface area contributed by atoms with Crippen LogP contribution in [0.2, 0.25) is 0 Å². The molecule has 0 spiro atoms. The monoisotopic (exact) mass is 294 g/mol. The second-order valence-electron chi connectivity index (χ2n) is 4.73. The lowest BCUT2D eigenvalue weighted by molar-refractivity contribution is 0.608. The summed E-state index contributed by atoms with van der Waals surface area (Å²) in [6, 6.07) is 7.23. The molecule has 1 aromatic heterocycles. The molecular formula is C14H19BrN2. The third-order valence-electron chi connectivity index (χ3n) is 3.29. The molecule has 0 radical (unpaired) electrons. The summed E-state index contributed by atoms with van der Waals surface area (Å²) in [6.07, 6.45) is 2.27. The van der Waals surface area contributed by atoms with Crippen molar-refractivity contribution in [2.24, 2.45) is 0 Å². The smallest absolute Gasteiger partial charge is 0.0497 e. The van der Waals surface area contributed by atoms with Crippen molar-refractivity contribution < 1.29 is 0 Å². The first-order chi connectivity index (χ1) is 8.06. The Kier molecular flexibility index (Phi) is 3.59. The molecule has 0 aliphatic rings. The first kappa shape index (κ1) is 12.7. The zero-order valence-electron chi connectivity index (χ0n) is 10.8. The predicted molar refractivity (Wildman–Crippen MR) is 77.5 cm³/mol. The fraction of sp³-hybridized carbons (Fsp3) is 0.429. The normalized spacial score (nSPS) is 13.5. The van der Waals surface area contributed by atoms with Gasteiger partial charge in [-0.3, -0.25) is 0 Å². The number of fused-ring (bicyclic) bond motifs is 1. The van der Waals surface area contributed by atoms with E-state index in [9.17, 15) is 0 Å². The third-order valence-corrected chi connectivity index (χ3v) is 3.95. The minimum absolute atomic E-state index is 0.358. The zero-order chi connectivity index (χ0) is 12.6. The van der Waals surface area contributed by atoms with E-state index in [0.717, 1.165) is 0 Å². The summed E-state index contributed by atoms with van der Waals surface area (Å²) < 4.78 is 3.51. The van der Waals surface area contributed by atoms with Gasteiger partial charge in [-0.2, -0.15) is 0 Å². The van der Waals surface area contributed by atoms with Gasteiger partial charge in [-0.15, -0.1) is 0 Å². The molecule has 3 heteroatoms. The van der Waals surface area contributed by atoms with Crippen LogP contribution in [0.25, 0.3) is 10.9 Å². The Morgan fingerprint density at radius 1 is 1.24 bits per heavy atom. The number of rotatable bonds is 3. The van der Waals surface area contributed by atoms with E-state index in [2.05, 4.69) is 71.0 Å². The lowest BCUT2D eigenvalue weighted by Gasteiger charge is -2.09. The van der Waals surface area contributed by atoms with E-state index in [-0.39, 0.29) is 0 Å². The van der Waals surface area contributed by atoms with Crippen molar-refractivity contribution in [3.63, 3.8) is 0 Å². The van der Waals surface area contributed by atoms with Crippen LogP contribution in [0, 0.1) is 0 Å². The zero-order valence-corrected chi connectivity index (χ0v) is 12.4. The van der Waals surface area contributed by atoms with Crippen molar-refractivity contribution in [3.05, 3.63) is 34.4 Å². The summed E-state index contributed by atoms with van der Waals surface area (Å²) in [5, 5.41) is 4.64. The van der Waals surface area contributed by atoms with Crippen LogP contribution in [0.5, 0.6) is 0 Å². The highest BCUT2D eigenvalue weighted by Gasteiger charge is 2.16. The molecule has 17 heavy (non-hydrogen) atoms. The quantitative estimate of drug-likeness (QED) is 0.895. The Labute approximate surface area is 111 Å². The van der Waals surface area contributed by atoms with Crippen LogP contribution in [-0.2, 0) is 0 Å². The van der Waals surface area contributed by atoms with Gasteiger partial charge in [0.1, 0.15) is 0 Å². The largest absolute Gasteiger partial charge is 0.345 e. The highest BCUT2D eigenvalue weighted by atomic mass is 79.9. The van der Waals surface area contributed by atoms with E-state index < -0.39 is 0 Å². The molecule has 2 aromatic rings. The van der Waals surface area contributed by atoms with Gasteiger partial charge in [0, 0.05) is 33.7 Å². The van der Waals surface area contributed by atoms with Gasteiger partial charge >= 0.3 is 0 Å². The lowest BCUT2D eigenvalue weighted by atomic mass is 10.1. The van der Waals surface area contributed by atoms with E-state index in [1.807, 2.05) is 7.05 Å². The molecule has 1 atom stereocenters. The summed E-state index contributed by atoms with van der Waals surface area (Å²) >= 11 is 3.67. The standard InChI is InChI=1S/C14H19BrN2/c1-9(2)17-8-11(10(3)16-4)14-12(15)6-5-7-13(14)17/h5-10,16H,1-4H3. The molecule has 1 N–H and O–H groups in total. The molecule has 0 amide bonds. The van der Waals surface area contributed by atoms with E-state index in [1.54, 1.807) is 0 Å². The van der Waals surface area contributed by atoms with Gasteiger partial charge in [-0.1, -0.05) is 22.0 Å². The Morgan fingerprint density at radius 3 is 2.53 bits per heavy atom. The summed E-state index contributed by atoms with van der Waals surface area (Å²) in [5.74, 6) is 0. The number of nitrogens with one attached hydrogen (secondary N) is 1. The Morgan fingerprint density at radius 2 is 1.94 bits per heavy atom. The summed E-state index contributed by atoms with van der Waals surface area (Å²) in [5.41, 5.74) is 2.65. The average Bonchev–Trinajstić information content (AvgIpc) is 2.69. The Bertz CT molecular complexity index is 528.